The van der Waals surface area contributed by atoms with Gasteiger partial charge in [0, 0.05) is 31.7 Å². The van der Waals surface area contributed by atoms with Gasteiger partial charge in [-0.3, -0.25) is 4.90 Å². The van der Waals surface area contributed by atoms with Crippen LogP contribution in [0.5, 0.6) is 0 Å². The molecule has 0 aromatic heterocycles. The lowest BCUT2D eigenvalue weighted by molar-refractivity contribution is 0.102. The van der Waals surface area contributed by atoms with Gasteiger partial charge in [-0.2, -0.15) is 0 Å². The van der Waals surface area contributed by atoms with Crippen LogP contribution in [0.15, 0.2) is 0 Å². The van der Waals surface area contributed by atoms with Crippen molar-refractivity contribution >= 4 is 0 Å². The van der Waals surface area contributed by atoms with Crippen LogP contribution in [0.25, 0.3) is 0 Å². The molecule has 0 amide bonds. The van der Waals surface area contributed by atoms with Crippen molar-refractivity contribution in [2.24, 2.45) is 0 Å². The largest absolute Gasteiger partial charge is 0.314 e. The van der Waals surface area contributed by atoms with E-state index < -0.39 is 0 Å². The molecule has 0 radical (unpaired) electrons. The van der Waals surface area contributed by atoms with Gasteiger partial charge in [0.25, 0.3) is 0 Å². The molecule has 3 nitrogen and oxygen atoms in total. The predicted octanol–water partition coefficient (Wildman–Crippen LogP) is 2.32. The smallest absolute Gasteiger partial charge is 0.0224 e. The summed E-state index contributed by atoms with van der Waals surface area (Å²) in [7, 11) is 0. The first-order valence-corrected chi connectivity index (χ1v) is 8.53. The number of hydrogen-bond acceptors (Lipinski definition) is 3. The molecule has 0 aromatic rings. The maximum atomic E-state index is 3.67. The quantitative estimate of drug-likeness (QED) is 0.728. The molecule has 0 bridgehead atoms. The van der Waals surface area contributed by atoms with Crippen LogP contribution < -0.4 is 5.32 Å². The van der Waals surface area contributed by atoms with Crippen molar-refractivity contribution in [3.63, 3.8) is 0 Å². The first-order valence-electron chi connectivity index (χ1n) is 8.53. The Morgan fingerprint density at radius 2 is 2.11 bits per heavy atom. The Balaban J connectivity index is 1.60. The molecule has 3 heteroatoms. The molecule has 2 heterocycles. The summed E-state index contributed by atoms with van der Waals surface area (Å²) in [4.78, 5) is 5.41. The molecule has 2 rings (SSSR count). The second kappa shape index (κ2) is 8.23. The first kappa shape index (κ1) is 15.3. The maximum absolute atomic E-state index is 3.67. The van der Waals surface area contributed by atoms with Gasteiger partial charge in [0.05, 0.1) is 0 Å². The van der Waals surface area contributed by atoms with Crippen molar-refractivity contribution in [2.45, 2.75) is 64.5 Å². The van der Waals surface area contributed by atoms with Gasteiger partial charge < -0.3 is 10.2 Å². The Morgan fingerprint density at radius 3 is 2.89 bits per heavy atom. The van der Waals surface area contributed by atoms with E-state index in [1.807, 2.05) is 0 Å². The average molecular weight is 267 g/mol. The van der Waals surface area contributed by atoms with Gasteiger partial charge in [-0.15, -0.1) is 0 Å². The Labute approximate surface area is 119 Å². The predicted molar refractivity (Wildman–Crippen MR) is 82.6 cm³/mol. The highest BCUT2D eigenvalue weighted by Crippen LogP contribution is 2.21. The monoisotopic (exact) mass is 267 g/mol. The average Bonchev–Trinajstić information content (AvgIpc) is 2.90. The van der Waals surface area contributed by atoms with Gasteiger partial charge in [-0.05, 0) is 58.2 Å². The highest BCUT2D eigenvalue weighted by Gasteiger charge is 2.29. The molecule has 19 heavy (non-hydrogen) atoms. The Kier molecular flexibility index (Phi) is 6.62. The third-order valence-corrected chi connectivity index (χ3v) is 4.87. The van der Waals surface area contributed by atoms with Crippen LogP contribution in [0, 0.1) is 0 Å². The molecule has 1 N–H and O–H groups in total. The Morgan fingerprint density at radius 1 is 1.21 bits per heavy atom. The molecule has 2 aliphatic heterocycles. The van der Waals surface area contributed by atoms with Crippen LogP contribution in [0.2, 0.25) is 0 Å². The third kappa shape index (κ3) is 4.73. The van der Waals surface area contributed by atoms with E-state index in [1.54, 1.807) is 0 Å². The van der Waals surface area contributed by atoms with E-state index >= 15 is 0 Å². The van der Waals surface area contributed by atoms with E-state index in [0.717, 1.165) is 12.1 Å². The summed E-state index contributed by atoms with van der Waals surface area (Å²) in [5, 5.41) is 3.67. The zero-order valence-electron chi connectivity index (χ0n) is 13.0. The van der Waals surface area contributed by atoms with Crippen molar-refractivity contribution in [3.8, 4) is 0 Å². The molecule has 2 atom stereocenters. The maximum Gasteiger partial charge on any atom is 0.0224 e. The lowest BCUT2D eigenvalue weighted by atomic mass is 10.1. The zero-order chi connectivity index (χ0) is 13.5. The molecule has 2 saturated heterocycles. The van der Waals surface area contributed by atoms with Gasteiger partial charge >= 0.3 is 0 Å². The summed E-state index contributed by atoms with van der Waals surface area (Å²) < 4.78 is 0. The molecule has 0 saturated carbocycles. The van der Waals surface area contributed by atoms with E-state index in [0.29, 0.717) is 0 Å². The number of hydrogen-bond donors (Lipinski definition) is 1. The zero-order valence-corrected chi connectivity index (χ0v) is 13.0. The summed E-state index contributed by atoms with van der Waals surface area (Å²) in [6.45, 7) is 12.4. The van der Waals surface area contributed by atoms with Crippen LogP contribution >= 0.6 is 0 Å². The summed E-state index contributed by atoms with van der Waals surface area (Å²) in [6.07, 6.45) is 8.10. The van der Waals surface area contributed by atoms with Crippen LogP contribution in [-0.2, 0) is 0 Å². The van der Waals surface area contributed by atoms with Gasteiger partial charge in [-0.1, -0.05) is 13.8 Å². The SMILES string of the molecule is CCCNC(CC)CCCN1CCN2CCCC2C1. The van der Waals surface area contributed by atoms with Crippen molar-refractivity contribution in [3.05, 3.63) is 0 Å². The van der Waals surface area contributed by atoms with E-state index in [1.165, 1.54) is 77.8 Å². The molecule has 2 unspecified atom stereocenters. The van der Waals surface area contributed by atoms with Gasteiger partial charge in [-0.25, -0.2) is 0 Å². The highest BCUT2D eigenvalue weighted by atomic mass is 15.3. The third-order valence-electron chi connectivity index (χ3n) is 4.87. The van der Waals surface area contributed by atoms with Crippen LogP contribution in [-0.4, -0.2) is 61.2 Å². The number of rotatable bonds is 8. The lowest BCUT2D eigenvalue weighted by Crippen LogP contribution is -2.50. The molecule has 2 aliphatic rings. The van der Waals surface area contributed by atoms with E-state index in [4.69, 9.17) is 0 Å². The number of nitrogens with zero attached hydrogens (tertiary/aromatic N) is 2. The second-order valence-corrected chi connectivity index (χ2v) is 6.33. The highest BCUT2D eigenvalue weighted by molar-refractivity contribution is 4.86. The fourth-order valence-corrected chi connectivity index (χ4v) is 3.62. The fourth-order valence-electron chi connectivity index (χ4n) is 3.62. The molecule has 2 fully saturated rings. The summed E-state index contributed by atoms with van der Waals surface area (Å²) in [5.41, 5.74) is 0. The van der Waals surface area contributed by atoms with Crippen molar-refractivity contribution < 1.29 is 0 Å². The van der Waals surface area contributed by atoms with Crippen LogP contribution in [0.4, 0.5) is 0 Å². The fraction of sp³-hybridized carbons (Fsp3) is 1.00. The molecule has 0 aliphatic carbocycles. The summed E-state index contributed by atoms with van der Waals surface area (Å²) in [5.74, 6) is 0. The van der Waals surface area contributed by atoms with Crippen molar-refractivity contribution in [1.29, 1.82) is 0 Å². The van der Waals surface area contributed by atoms with Crippen LogP contribution in [0.3, 0.4) is 0 Å². The van der Waals surface area contributed by atoms with Crippen LogP contribution in [0.1, 0.15) is 52.4 Å². The van der Waals surface area contributed by atoms with Crippen molar-refractivity contribution in [1.82, 2.24) is 15.1 Å². The number of piperazine rings is 1. The number of fused-ring (bicyclic) bond motifs is 1. The lowest BCUT2D eigenvalue weighted by Gasteiger charge is -2.37. The first-order chi connectivity index (χ1) is 9.33. The summed E-state index contributed by atoms with van der Waals surface area (Å²) in [6, 6.07) is 1.63. The number of nitrogens with one attached hydrogen (secondary N) is 1. The summed E-state index contributed by atoms with van der Waals surface area (Å²) >= 11 is 0. The Hall–Kier alpha value is -0.120. The van der Waals surface area contributed by atoms with E-state index in [-0.39, 0.29) is 0 Å². The topological polar surface area (TPSA) is 18.5 Å². The molecule has 112 valence electrons. The van der Waals surface area contributed by atoms with Crippen molar-refractivity contribution in [2.75, 3.05) is 39.3 Å². The molecular weight excluding hydrogens is 234 g/mol. The molecular formula is C16H33N3. The minimum Gasteiger partial charge on any atom is -0.314 e. The van der Waals surface area contributed by atoms with E-state index in [2.05, 4.69) is 29.0 Å². The minimum atomic E-state index is 0.743. The van der Waals surface area contributed by atoms with Gasteiger partial charge in [0.2, 0.25) is 0 Å². The molecule has 0 spiro atoms. The second-order valence-electron chi connectivity index (χ2n) is 6.33. The normalized spacial score (nSPS) is 26.5. The minimum absolute atomic E-state index is 0.743. The molecule has 0 aromatic carbocycles. The van der Waals surface area contributed by atoms with E-state index in [9.17, 15) is 0 Å². The van der Waals surface area contributed by atoms with Gasteiger partial charge in [0.15, 0.2) is 0 Å². The van der Waals surface area contributed by atoms with Gasteiger partial charge in [0.1, 0.15) is 0 Å². The Bertz CT molecular complexity index is 244. The standard InChI is InChI=1S/C16H33N3/c1-3-9-17-15(4-2)7-5-10-18-12-13-19-11-6-8-16(19)14-18/h15-17H,3-14H2,1-2H3.